The first-order chi connectivity index (χ1) is 30.8. The fourth-order valence-corrected chi connectivity index (χ4v) is 15.5. The van der Waals surface area contributed by atoms with E-state index < -0.39 is 13.5 Å². The summed E-state index contributed by atoms with van der Waals surface area (Å²) in [7, 11) is -3.39. The van der Waals surface area contributed by atoms with Gasteiger partial charge >= 0.3 is 0 Å². The topological polar surface area (TPSA) is 8.17 Å². The number of aromatic nitrogens is 1. The van der Waals surface area contributed by atoms with Gasteiger partial charge in [0.15, 0.2) is 8.07 Å². The lowest BCUT2D eigenvalue weighted by Gasteiger charge is -2.47. The van der Waals surface area contributed by atoms with Gasteiger partial charge in [-0.2, -0.15) is 0 Å². The van der Waals surface area contributed by atoms with Crippen LogP contribution in [-0.4, -0.2) is 12.6 Å². The van der Waals surface area contributed by atoms with Crippen molar-refractivity contribution >= 4 is 46.0 Å². The van der Waals surface area contributed by atoms with E-state index in [1.807, 2.05) is 0 Å². The Balaban J connectivity index is 1.51. The van der Waals surface area contributed by atoms with Crippen LogP contribution < -0.4 is 25.8 Å². The van der Waals surface area contributed by atoms with Gasteiger partial charge in [0.05, 0.1) is 22.5 Å². The van der Waals surface area contributed by atoms with Crippen LogP contribution in [0.3, 0.4) is 0 Å². The number of anilines is 3. The number of hydrogen-bond acceptors (Lipinski definition) is 1. The average molecular weight is 809 g/mol. The maximum absolute atomic E-state index is 3.39. The van der Waals surface area contributed by atoms with E-state index in [2.05, 4.69) is 276 Å². The molecule has 0 amide bonds. The molecule has 0 N–H and O–H groups in total. The fourth-order valence-electron chi connectivity index (χ4n) is 10.4. The summed E-state index contributed by atoms with van der Waals surface area (Å²) in [5.41, 5.74) is 11.0. The molecule has 11 rings (SSSR count). The van der Waals surface area contributed by atoms with Crippen LogP contribution in [0.1, 0.15) is 22.3 Å². The molecule has 294 valence electrons. The van der Waals surface area contributed by atoms with Crippen LogP contribution in [0.4, 0.5) is 17.1 Å². The zero-order valence-corrected chi connectivity index (χ0v) is 35.3. The van der Waals surface area contributed by atoms with E-state index >= 15 is 0 Å². The predicted octanol–water partition coefficient (Wildman–Crippen LogP) is 11.7. The van der Waals surface area contributed by atoms with Gasteiger partial charge < -0.3 is 9.47 Å². The summed E-state index contributed by atoms with van der Waals surface area (Å²) in [6, 6.07) is 99.2. The van der Waals surface area contributed by atoms with Crippen molar-refractivity contribution < 1.29 is 0 Å². The highest BCUT2D eigenvalue weighted by Gasteiger charge is 2.56. The number of nitrogens with zero attached hydrogens (tertiary/aromatic N) is 2. The molecule has 0 atom stereocenters. The summed E-state index contributed by atoms with van der Waals surface area (Å²) in [6.45, 7) is 0. The molecule has 9 aromatic carbocycles. The highest BCUT2D eigenvalue weighted by molar-refractivity contribution is 7.20. The molecule has 3 heteroatoms. The molecule has 1 aliphatic heterocycles. The van der Waals surface area contributed by atoms with Crippen LogP contribution in [0.25, 0.3) is 16.9 Å². The molecule has 0 radical (unpaired) electrons. The van der Waals surface area contributed by atoms with E-state index in [0.29, 0.717) is 0 Å². The predicted molar refractivity (Wildman–Crippen MR) is 261 cm³/mol. The van der Waals surface area contributed by atoms with E-state index in [1.54, 1.807) is 0 Å². The third-order valence-electron chi connectivity index (χ3n) is 12.8. The minimum atomic E-state index is -3.39. The molecule has 0 unspecified atom stereocenters. The van der Waals surface area contributed by atoms with Crippen LogP contribution in [0.15, 0.2) is 267 Å². The SMILES string of the molecule is c1ccc(-c2c3c(c([Si](c4ccccc4)(c4ccccc4)c4ccccc4)n2-c2ccccc2)C(c2ccccc2)(c2ccccc2)c2ccccc2N3c2ccccc2)cc1. The second-order valence-electron chi connectivity index (χ2n) is 16.0. The molecule has 0 saturated heterocycles. The molecule has 0 bridgehead atoms. The molecule has 62 heavy (non-hydrogen) atoms. The van der Waals surface area contributed by atoms with Gasteiger partial charge in [-0.3, -0.25) is 0 Å². The van der Waals surface area contributed by atoms with Gasteiger partial charge in [-0.1, -0.05) is 237 Å². The monoisotopic (exact) mass is 808 g/mol. The van der Waals surface area contributed by atoms with Crippen LogP contribution in [-0.2, 0) is 5.41 Å². The van der Waals surface area contributed by atoms with Gasteiger partial charge in [0.25, 0.3) is 0 Å². The van der Waals surface area contributed by atoms with Gasteiger partial charge in [-0.25, -0.2) is 0 Å². The molecule has 2 nitrogen and oxygen atoms in total. The Hall–Kier alpha value is -7.72. The lowest BCUT2D eigenvalue weighted by molar-refractivity contribution is 0.737. The minimum Gasteiger partial charge on any atom is -0.314 e. The minimum absolute atomic E-state index is 0.783. The average Bonchev–Trinajstić information content (AvgIpc) is 3.72. The Kier molecular flexibility index (Phi) is 9.45. The molecule has 0 saturated carbocycles. The number of benzene rings is 9. The van der Waals surface area contributed by atoms with Gasteiger partial charge in [-0.15, -0.1) is 0 Å². The zero-order valence-electron chi connectivity index (χ0n) is 34.3. The summed E-state index contributed by atoms with van der Waals surface area (Å²) >= 11 is 0. The van der Waals surface area contributed by atoms with Gasteiger partial charge in [-0.05, 0) is 62.6 Å². The summed E-state index contributed by atoms with van der Waals surface area (Å²) in [6.07, 6.45) is 0. The third kappa shape index (κ3) is 5.70. The van der Waals surface area contributed by atoms with Crippen LogP contribution in [0, 0.1) is 0 Å². The molecular formula is C59H44N2Si. The molecule has 1 aromatic heterocycles. The Morgan fingerprint density at radius 1 is 0.339 bits per heavy atom. The highest BCUT2D eigenvalue weighted by atomic mass is 28.3. The van der Waals surface area contributed by atoms with Crippen molar-refractivity contribution in [1.29, 1.82) is 0 Å². The van der Waals surface area contributed by atoms with Crippen molar-refractivity contribution in [2.75, 3.05) is 4.90 Å². The smallest absolute Gasteiger partial charge is 0.200 e. The summed E-state index contributed by atoms with van der Waals surface area (Å²) in [5.74, 6) is 0. The molecular weight excluding hydrogens is 765 g/mol. The first-order valence-corrected chi connectivity index (χ1v) is 23.5. The number of fused-ring (bicyclic) bond motifs is 2. The quantitative estimate of drug-likeness (QED) is 0.104. The van der Waals surface area contributed by atoms with Gasteiger partial charge in [0, 0.05) is 27.8 Å². The number of rotatable bonds is 9. The van der Waals surface area contributed by atoms with E-state index in [1.165, 1.54) is 48.8 Å². The second-order valence-corrected chi connectivity index (χ2v) is 19.7. The summed E-state index contributed by atoms with van der Waals surface area (Å²) in [4.78, 5) is 2.57. The van der Waals surface area contributed by atoms with E-state index in [-0.39, 0.29) is 0 Å². The van der Waals surface area contributed by atoms with Crippen LogP contribution in [0.5, 0.6) is 0 Å². The van der Waals surface area contributed by atoms with E-state index in [4.69, 9.17) is 0 Å². The molecule has 0 fully saturated rings. The Labute approximate surface area is 365 Å². The van der Waals surface area contributed by atoms with Gasteiger partial charge in [0.2, 0.25) is 0 Å². The second kappa shape index (κ2) is 15.7. The van der Waals surface area contributed by atoms with Crippen LogP contribution in [0.2, 0.25) is 0 Å². The standard InChI is InChI=1S/C59H44N2Si/c1-9-27-45(28-10-1)56-57-55(59(46-29-11-2-12-30-46,47-31-13-3-14-32-47)53-43-25-26-44-54(53)60(57)48-33-15-4-16-34-48)58(61(56)49-35-17-5-18-36-49)62(50-37-19-6-20-38-50,51-39-21-7-22-40-51)52-41-23-8-24-42-52/h1-44H. The Bertz CT molecular complexity index is 2950. The van der Waals surface area contributed by atoms with Crippen molar-refractivity contribution in [1.82, 2.24) is 4.57 Å². The summed E-state index contributed by atoms with van der Waals surface area (Å²) < 4.78 is 2.68. The Morgan fingerprint density at radius 3 is 1.18 bits per heavy atom. The van der Waals surface area contributed by atoms with Crippen molar-refractivity contribution in [3.05, 3.63) is 289 Å². The van der Waals surface area contributed by atoms with Crippen molar-refractivity contribution in [2.45, 2.75) is 5.41 Å². The number of para-hydroxylation sites is 3. The third-order valence-corrected chi connectivity index (χ3v) is 17.5. The van der Waals surface area contributed by atoms with Crippen molar-refractivity contribution in [3.8, 4) is 16.9 Å². The first-order valence-electron chi connectivity index (χ1n) is 21.5. The van der Waals surface area contributed by atoms with Crippen molar-refractivity contribution in [2.24, 2.45) is 0 Å². The lowest BCUT2D eigenvalue weighted by atomic mass is 9.63. The number of hydrogen-bond donors (Lipinski definition) is 0. The molecule has 0 spiro atoms. The molecule has 2 heterocycles. The normalized spacial score (nSPS) is 12.9. The maximum atomic E-state index is 2.68. The largest absolute Gasteiger partial charge is 0.314 e. The molecule has 10 aromatic rings. The maximum Gasteiger partial charge on any atom is 0.200 e. The van der Waals surface area contributed by atoms with Crippen molar-refractivity contribution in [3.63, 3.8) is 0 Å². The van der Waals surface area contributed by atoms with E-state index in [9.17, 15) is 0 Å². The zero-order chi connectivity index (χ0) is 41.4. The molecule has 0 aliphatic carbocycles. The lowest BCUT2D eigenvalue weighted by Crippen LogP contribution is -2.77. The Morgan fingerprint density at radius 2 is 0.710 bits per heavy atom. The summed E-state index contributed by atoms with van der Waals surface area (Å²) in [5, 5.41) is 5.25. The molecule has 1 aliphatic rings. The van der Waals surface area contributed by atoms with E-state index in [0.717, 1.165) is 28.3 Å². The first kappa shape index (κ1) is 37.3. The highest BCUT2D eigenvalue weighted by Crippen LogP contribution is 2.60. The fraction of sp³-hybridized carbons (Fsp3) is 0.0169. The van der Waals surface area contributed by atoms with Gasteiger partial charge in [0.1, 0.15) is 0 Å². The van der Waals surface area contributed by atoms with Crippen LogP contribution >= 0.6 is 0 Å².